The van der Waals surface area contributed by atoms with Crippen LogP contribution in [0.1, 0.15) is 34.1 Å². The molecule has 0 spiro atoms. The van der Waals surface area contributed by atoms with Crippen LogP contribution in [0, 0.1) is 5.92 Å². The summed E-state index contributed by atoms with van der Waals surface area (Å²) in [5.74, 6) is 0.655. The number of urea groups is 1. The average Bonchev–Trinajstić information content (AvgIpc) is 2.15. The zero-order valence-corrected chi connectivity index (χ0v) is 10.2. The molecule has 0 rings (SSSR count). The Labute approximate surface area is 88.1 Å². The summed E-state index contributed by atoms with van der Waals surface area (Å²) in [5, 5.41) is 0. The highest BCUT2D eigenvalue weighted by Crippen LogP contribution is 2.03. The lowest BCUT2D eigenvalue weighted by Crippen LogP contribution is -2.41. The largest absolute Gasteiger partial charge is 0.328 e. The van der Waals surface area contributed by atoms with Crippen molar-refractivity contribution in [3.05, 3.63) is 0 Å². The van der Waals surface area contributed by atoms with Crippen LogP contribution in [0.4, 0.5) is 4.79 Å². The number of rotatable bonds is 5. The minimum absolute atomic E-state index is 0.149. The first-order valence-corrected chi connectivity index (χ1v) is 5.52. The molecule has 0 aliphatic heterocycles. The minimum atomic E-state index is 0.149. The molecule has 0 N–H and O–H groups in total. The Bertz CT molecular complexity index is 165. The molecular weight excluding hydrogens is 176 g/mol. The molecule has 0 aliphatic rings. The minimum Gasteiger partial charge on any atom is -0.328 e. The summed E-state index contributed by atoms with van der Waals surface area (Å²) >= 11 is 0. The van der Waals surface area contributed by atoms with E-state index in [1.54, 1.807) is 0 Å². The second kappa shape index (κ2) is 6.68. The normalized spacial score (nSPS) is 10.4. The van der Waals surface area contributed by atoms with Crippen molar-refractivity contribution in [2.45, 2.75) is 34.1 Å². The van der Waals surface area contributed by atoms with Crippen LogP contribution in [-0.2, 0) is 0 Å². The van der Waals surface area contributed by atoms with Gasteiger partial charge >= 0.3 is 6.03 Å². The van der Waals surface area contributed by atoms with Crippen LogP contribution in [0.3, 0.4) is 0 Å². The summed E-state index contributed by atoms with van der Waals surface area (Å²) in [6.45, 7) is 10.8. The van der Waals surface area contributed by atoms with Gasteiger partial charge in [0.25, 0.3) is 0 Å². The van der Waals surface area contributed by atoms with Crippen molar-refractivity contribution in [3.8, 4) is 0 Å². The molecular formula is C11H24N2O. The van der Waals surface area contributed by atoms with Gasteiger partial charge in [0.05, 0.1) is 0 Å². The van der Waals surface area contributed by atoms with Gasteiger partial charge in [-0.15, -0.1) is 0 Å². The highest BCUT2D eigenvalue weighted by molar-refractivity contribution is 5.74. The average molecular weight is 200 g/mol. The van der Waals surface area contributed by atoms with Gasteiger partial charge in [-0.1, -0.05) is 13.8 Å². The smallest absolute Gasteiger partial charge is 0.319 e. The Balaban J connectivity index is 3.97. The number of carbonyl (C=O) groups is 1. The van der Waals surface area contributed by atoms with E-state index in [9.17, 15) is 4.79 Å². The van der Waals surface area contributed by atoms with Crippen LogP contribution in [0.2, 0.25) is 0 Å². The fraction of sp³-hybridized carbons (Fsp3) is 0.909. The summed E-state index contributed by atoms with van der Waals surface area (Å²) < 4.78 is 0. The second-order valence-corrected chi connectivity index (χ2v) is 4.06. The third-order valence-corrected chi connectivity index (χ3v) is 2.40. The highest BCUT2D eigenvalue weighted by Gasteiger charge is 2.14. The van der Waals surface area contributed by atoms with Gasteiger partial charge in [0.1, 0.15) is 0 Å². The summed E-state index contributed by atoms with van der Waals surface area (Å²) in [6.07, 6.45) is 1.07. The number of hydrogen-bond donors (Lipinski definition) is 0. The lowest BCUT2D eigenvalue weighted by Gasteiger charge is -2.26. The van der Waals surface area contributed by atoms with Gasteiger partial charge in [0.15, 0.2) is 0 Å². The summed E-state index contributed by atoms with van der Waals surface area (Å²) in [5.41, 5.74) is 0. The van der Waals surface area contributed by atoms with Crippen LogP contribution in [0.5, 0.6) is 0 Å². The molecule has 0 bridgehead atoms. The Morgan fingerprint density at radius 2 is 1.71 bits per heavy atom. The Morgan fingerprint density at radius 3 is 2.07 bits per heavy atom. The Hall–Kier alpha value is -0.730. The molecule has 3 nitrogen and oxygen atoms in total. The van der Waals surface area contributed by atoms with Gasteiger partial charge in [0.2, 0.25) is 0 Å². The first-order valence-electron chi connectivity index (χ1n) is 5.52. The quantitative estimate of drug-likeness (QED) is 0.668. The van der Waals surface area contributed by atoms with Crippen LogP contribution in [0.15, 0.2) is 0 Å². The molecule has 0 aromatic rings. The van der Waals surface area contributed by atoms with Crippen molar-refractivity contribution < 1.29 is 4.79 Å². The highest BCUT2D eigenvalue weighted by atomic mass is 16.2. The molecule has 0 aromatic carbocycles. The maximum atomic E-state index is 11.8. The van der Waals surface area contributed by atoms with Crippen LogP contribution in [0.25, 0.3) is 0 Å². The molecule has 0 aromatic heterocycles. The van der Waals surface area contributed by atoms with Crippen LogP contribution in [-0.4, -0.2) is 42.5 Å². The summed E-state index contributed by atoms with van der Waals surface area (Å²) in [7, 11) is 1.88. The summed E-state index contributed by atoms with van der Waals surface area (Å²) in [4.78, 5) is 15.4. The fourth-order valence-electron chi connectivity index (χ4n) is 1.28. The standard InChI is InChI=1S/C11H24N2O/c1-6-13(7-2)11(14)12(5)9-8-10(3)4/h10H,6-9H2,1-5H3. The van der Waals surface area contributed by atoms with Crippen molar-refractivity contribution in [1.29, 1.82) is 0 Å². The molecule has 0 unspecified atom stereocenters. The molecule has 84 valence electrons. The number of amides is 2. The van der Waals surface area contributed by atoms with E-state index in [2.05, 4.69) is 13.8 Å². The van der Waals surface area contributed by atoms with Crippen molar-refractivity contribution in [3.63, 3.8) is 0 Å². The van der Waals surface area contributed by atoms with E-state index in [1.807, 2.05) is 30.7 Å². The van der Waals surface area contributed by atoms with E-state index in [4.69, 9.17) is 0 Å². The number of hydrogen-bond acceptors (Lipinski definition) is 1. The molecule has 2 amide bonds. The number of carbonyl (C=O) groups excluding carboxylic acids is 1. The molecule has 0 atom stereocenters. The monoisotopic (exact) mass is 200 g/mol. The Morgan fingerprint density at radius 1 is 1.21 bits per heavy atom. The van der Waals surface area contributed by atoms with E-state index in [0.717, 1.165) is 26.1 Å². The van der Waals surface area contributed by atoms with Crippen molar-refractivity contribution in [2.24, 2.45) is 5.92 Å². The lowest BCUT2D eigenvalue weighted by atomic mass is 10.1. The molecule has 0 heterocycles. The van der Waals surface area contributed by atoms with Gasteiger partial charge < -0.3 is 9.80 Å². The molecule has 0 radical (unpaired) electrons. The fourth-order valence-corrected chi connectivity index (χ4v) is 1.28. The van der Waals surface area contributed by atoms with Gasteiger partial charge in [-0.25, -0.2) is 4.79 Å². The molecule has 0 saturated heterocycles. The first kappa shape index (κ1) is 13.3. The van der Waals surface area contributed by atoms with E-state index < -0.39 is 0 Å². The van der Waals surface area contributed by atoms with Crippen LogP contribution < -0.4 is 0 Å². The number of nitrogens with zero attached hydrogens (tertiary/aromatic N) is 2. The topological polar surface area (TPSA) is 23.6 Å². The predicted octanol–water partition coefficient (Wildman–Crippen LogP) is 2.43. The van der Waals surface area contributed by atoms with Crippen LogP contribution >= 0.6 is 0 Å². The molecule has 0 saturated carbocycles. The third-order valence-electron chi connectivity index (χ3n) is 2.40. The van der Waals surface area contributed by atoms with Gasteiger partial charge in [0, 0.05) is 26.7 Å². The van der Waals surface area contributed by atoms with Gasteiger partial charge in [-0.2, -0.15) is 0 Å². The van der Waals surface area contributed by atoms with E-state index >= 15 is 0 Å². The molecule has 0 aliphatic carbocycles. The van der Waals surface area contributed by atoms with Gasteiger partial charge in [-0.05, 0) is 26.2 Å². The van der Waals surface area contributed by atoms with E-state index in [1.165, 1.54) is 0 Å². The predicted molar refractivity (Wildman–Crippen MR) is 60.4 cm³/mol. The van der Waals surface area contributed by atoms with E-state index in [-0.39, 0.29) is 6.03 Å². The maximum Gasteiger partial charge on any atom is 0.319 e. The van der Waals surface area contributed by atoms with Gasteiger partial charge in [-0.3, -0.25) is 0 Å². The first-order chi connectivity index (χ1) is 6.52. The summed E-state index contributed by atoms with van der Waals surface area (Å²) in [6, 6.07) is 0.149. The SMILES string of the molecule is CCN(CC)C(=O)N(C)CCC(C)C. The Kier molecular flexibility index (Phi) is 6.34. The maximum absolute atomic E-state index is 11.8. The van der Waals surface area contributed by atoms with Crippen molar-refractivity contribution >= 4 is 6.03 Å². The zero-order chi connectivity index (χ0) is 11.1. The zero-order valence-electron chi connectivity index (χ0n) is 10.2. The lowest BCUT2D eigenvalue weighted by molar-refractivity contribution is 0.165. The van der Waals surface area contributed by atoms with Crippen molar-refractivity contribution in [2.75, 3.05) is 26.7 Å². The van der Waals surface area contributed by atoms with Crippen molar-refractivity contribution in [1.82, 2.24) is 9.80 Å². The molecule has 14 heavy (non-hydrogen) atoms. The third kappa shape index (κ3) is 4.49. The van der Waals surface area contributed by atoms with E-state index in [0.29, 0.717) is 5.92 Å². The second-order valence-electron chi connectivity index (χ2n) is 4.06. The molecule has 3 heteroatoms. The molecule has 0 fully saturated rings.